The molecule has 0 atom stereocenters. The molecule has 2 amide bonds. The molecule has 0 bridgehead atoms. The highest BCUT2D eigenvalue weighted by Crippen LogP contribution is 2.19. The fourth-order valence-electron chi connectivity index (χ4n) is 2.27. The lowest BCUT2D eigenvalue weighted by Crippen LogP contribution is -2.45. The fourth-order valence-corrected chi connectivity index (χ4v) is 2.27. The number of hydrogen-bond donors (Lipinski definition) is 2. The number of ether oxygens (including phenoxy) is 1. The van der Waals surface area contributed by atoms with Crippen LogP contribution >= 0.6 is 0 Å². The summed E-state index contributed by atoms with van der Waals surface area (Å²) >= 11 is 0. The van der Waals surface area contributed by atoms with Gasteiger partial charge in [0.25, 0.3) is 0 Å². The van der Waals surface area contributed by atoms with Crippen LogP contribution < -0.4 is 10.6 Å². The number of aliphatic imine (C=N–C) groups is 1. The molecule has 0 fully saturated rings. The van der Waals surface area contributed by atoms with Gasteiger partial charge in [-0.1, -0.05) is 42.5 Å². The summed E-state index contributed by atoms with van der Waals surface area (Å²) in [5.41, 5.74) is 0.355. The van der Waals surface area contributed by atoms with Gasteiger partial charge in [0.15, 0.2) is 0 Å². The maximum atomic E-state index is 11.9. The van der Waals surface area contributed by atoms with Crippen LogP contribution in [-0.2, 0) is 16.1 Å². The van der Waals surface area contributed by atoms with E-state index in [2.05, 4.69) is 15.6 Å². The van der Waals surface area contributed by atoms with E-state index in [1.165, 1.54) is 6.92 Å². The lowest BCUT2D eigenvalue weighted by molar-refractivity contribution is -0.117. The van der Waals surface area contributed by atoms with Crippen molar-refractivity contribution in [2.75, 3.05) is 0 Å². The number of carbonyl (C=O) groups excluding carboxylic acids is 2. The van der Waals surface area contributed by atoms with E-state index in [0.29, 0.717) is 6.54 Å². The number of carbonyl (C=O) groups is 2. The van der Waals surface area contributed by atoms with Crippen molar-refractivity contribution in [2.24, 2.45) is 4.99 Å². The van der Waals surface area contributed by atoms with Crippen molar-refractivity contribution in [1.82, 2.24) is 10.6 Å². The second kappa shape index (κ2) is 7.79. The van der Waals surface area contributed by atoms with Crippen molar-refractivity contribution in [3.63, 3.8) is 0 Å². The molecule has 0 unspecified atom stereocenters. The summed E-state index contributed by atoms with van der Waals surface area (Å²) in [6.07, 6.45) is -0.669. The number of hydrogen-bond acceptors (Lipinski definition) is 4. The highest BCUT2D eigenvalue weighted by Gasteiger charge is 2.17. The zero-order valence-corrected chi connectivity index (χ0v) is 14.9. The van der Waals surface area contributed by atoms with Crippen LogP contribution in [0.3, 0.4) is 0 Å². The fraction of sp³-hybridized carbons (Fsp3) is 0.316. The van der Waals surface area contributed by atoms with Crippen molar-refractivity contribution in [2.45, 2.75) is 39.8 Å². The average Bonchev–Trinajstić information content (AvgIpc) is 2.50. The van der Waals surface area contributed by atoms with E-state index < -0.39 is 11.7 Å². The van der Waals surface area contributed by atoms with Crippen LogP contribution in [0.25, 0.3) is 10.8 Å². The first kappa shape index (κ1) is 18.4. The Morgan fingerprint density at radius 1 is 1.04 bits per heavy atom. The number of rotatable bonds is 2. The molecule has 25 heavy (non-hydrogen) atoms. The minimum atomic E-state index is -0.669. The van der Waals surface area contributed by atoms with Gasteiger partial charge in [-0.25, -0.2) is 9.79 Å². The number of nitrogens with one attached hydrogen (secondary N) is 2. The molecule has 0 aliphatic rings. The SMILES string of the molecule is CC(=O)NC(=NCc1cccc2ccccc12)NC(=O)OC(C)(C)C. The summed E-state index contributed by atoms with van der Waals surface area (Å²) in [7, 11) is 0. The van der Waals surface area contributed by atoms with Crippen LogP contribution in [0.4, 0.5) is 4.79 Å². The Hall–Kier alpha value is -2.89. The second-order valence-electron chi connectivity index (χ2n) is 6.61. The molecule has 0 spiro atoms. The van der Waals surface area contributed by atoms with Gasteiger partial charge < -0.3 is 4.74 Å². The van der Waals surface area contributed by atoms with Gasteiger partial charge in [-0.05, 0) is 37.1 Å². The number of fused-ring (bicyclic) bond motifs is 1. The van der Waals surface area contributed by atoms with Crippen LogP contribution in [0.15, 0.2) is 47.5 Å². The van der Waals surface area contributed by atoms with Crippen molar-refractivity contribution >= 4 is 28.7 Å². The lowest BCUT2D eigenvalue weighted by Gasteiger charge is -2.20. The van der Waals surface area contributed by atoms with Crippen molar-refractivity contribution in [1.29, 1.82) is 0 Å². The van der Waals surface area contributed by atoms with Crippen LogP contribution in [0.1, 0.15) is 33.3 Å². The molecule has 0 saturated heterocycles. The summed E-state index contributed by atoms with van der Waals surface area (Å²) < 4.78 is 5.19. The molecule has 0 saturated carbocycles. The van der Waals surface area contributed by atoms with Gasteiger partial charge in [-0.2, -0.15) is 0 Å². The number of benzene rings is 2. The minimum absolute atomic E-state index is 0.0645. The molecule has 0 aromatic heterocycles. The summed E-state index contributed by atoms with van der Waals surface area (Å²) in [6.45, 7) is 6.95. The predicted molar refractivity (Wildman–Crippen MR) is 98.3 cm³/mol. The molecule has 0 heterocycles. The van der Waals surface area contributed by atoms with E-state index in [9.17, 15) is 9.59 Å². The Bertz CT molecular complexity index is 802. The first-order chi connectivity index (χ1) is 11.7. The van der Waals surface area contributed by atoms with Gasteiger partial charge in [0, 0.05) is 6.92 Å². The normalized spacial score (nSPS) is 11.9. The molecular weight excluding hydrogens is 318 g/mol. The van der Waals surface area contributed by atoms with Gasteiger partial charge in [-0.15, -0.1) is 0 Å². The molecule has 2 N–H and O–H groups in total. The summed E-state index contributed by atoms with van der Waals surface area (Å²) in [4.78, 5) is 27.6. The third-order valence-corrected chi connectivity index (χ3v) is 3.20. The van der Waals surface area contributed by atoms with E-state index in [1.807, 2.05) is 42.5 Å². The molecule has 0 aliphatic carbocycles. The van der Waals surface area contributed by atoms with Gasteiger partial charge in [0.05, 0.1) is 6.54 Å². The van der Waals surface area contributed by atoms with Crippen LogP contribution in [-0.4, -0.2) is 23.6 Å². The zero-order chi connectivity index (χ0) is 18.4. The maximum Gasteiger partial charge on any atom is 0.414 e. The van der Waals surface area contributed by atoms with Gasteiger partial charge in [0.2, 0.25) is 11.9 Å². The summed E-state index contributed by atoms with van der Waals surface area (Å²) in [6, 6.07) is 13.9. The molecule has 0 radical (unpaired) electrons. The van der Waals surface area contributed by atoms with Crippen molar-refractivity contribution in [3.05, 3.63) is 48.0 Å². The van der Waals surface area contributed by atoms with E-state index in [-0.39, 0.29) is 11.9 Å². The molecule has 132 valence electrons. The number of alkyl carbamates (subject to hydrolysis) is 1. The maximum absolute atomic E-state index is 11.9. The summed E-state index contributed by atoms with van der Waals surface area (Å²) in [5, 5.41) is 7.18. The first-order valence-electron chi connectivity index (χ1n) is 8.03. The number of amides is 2. The molecular formula is C19H23N3O3. The number of guanidine groups is 1. The van der Waals surface area contributed by atoms with Gasteiger partial charge >= 0.3 is 6.09 Å². The first-order valence-corrected chi connectivity index (χ1v) is 8.03. The molecule has 0 aliphatic heterocycles. The lowest BCUT2D eigenvalue weighted by atomic mass is 10.1. The van der Waals surface area contributed by atoms with Gasteiger partial charge in [0.1, 0.15) is 5.60 Å². The third-order valence-electron chi connectivity index (χ3n) is 3.20. The van der Waals surface area contributed by atoms with E-state index in [4.69, 9.17) is 4.74 Å². The minimum Gasteiger partial charge on any atom is -0.444 e. The van der Waals surface area contributed by atoms with Crippen molar-refractivity contribution in [3.8, 4) is 0 Å². The van der Waals surface area contributed by atoms with Crippen LogP contribution in [0, 0.1) is 0 Å². The quantitative estimate of drug-likeness (QED) is 0.649. The second-order valence-corrected chi connectivity index (χ2v) is 6.61. The Morgan fingerprint density at radius 2 is 1.72 bits per heavy atom. The average molecular weight is 341 g/mol. The molecule has 2 rings (SSSR count). The largest absolute Gasteiger partial charge is 0.444 e. The smallest absolute Gasteiger partial charge is 0.414 e. The predicted octanol–water partition coefficient (Wildman–Crippen LogP) is 3.36. The van der Waals surface area contributed by atoms with Crippen LogP contribution in [0.5, 0.6) is 0 Å². The standard InChI is InChI=1S/C19H23N3O3/c1-13(23)21-17(22-18(24)25-19(2,3)4)20-12-15-10-7-9-14-8-5-6-11-16(14)15/h5-11H,12H2,1-4H3,(H2,20,21,22,23,24). The summed E-state index contributed by atoms with van der Waals surface area (Å²) in [5.74, 6) is -0.262. The van der Waals surface area contributed by atoms with Crippen molar-refractivity contribution < 1.29 is 14.3 Å². The number of nitrogens with zero attached hydrogens (tertiary/aromatic N) is 1. The third kappa shape index (κ3) is 5.91. The Labute approximate surface area is 147 Å². The Balaban J connectivity index is 2.19. The Morgan fingerprint density at radius 3 is 2.40 bits per heavy atom. The Kier molecular flexibility index (Phi) is 5.75. The highest BCUT2D eigenvalue weighted by molar-refractivity contribution is 6.02. The van der Waals surface area contributed by atoms with E-state index in [0.717, 1.165) is 16.3 Å². The molecule has 2 aromatic carbocycles. The molecule has 6 nitrogen and oxygen atoms in total. The molecule has 6 heteroatoms. The molecule has 2 aromatic rings. The zero-order valence-electron chi connectivity index (χ0n) is 14.9. The monoisotopic (exact) mass is 341 g/mol. The van der Waals surface area contributed by atoms with Gasteiger partial charge in [-0.3, -0.25) is 15.4 Å². The van der Waals surface area contributed by atoms with Crippen LogP contribution in [0.2, 0.25) is 0 Å². The highest BCUT2D eigenvalue weighted by atomic mass is 16.6. The van der Waals surface area contributed by atoms with E-state index >= 15 is 0 Å². The topological polar surface area (TPSA) is 79.8 Å². The van der Waals surface area contributed by atoms with E-state index in [1.54, 1.807) is 20.8 Å².